The van der Waals surface area contributed by atoms with Crippen LogP contribution in [0.4, 0.5) is 0 Å². The molecule has 2 N–H and O–H groups in total. The summed E-state index contributed by atoms with van der Waals surface area (Å²) in [5, 5.41) is 0. The van der Waals surface area contributed by atoms with Gasteiger partial charge in [-0.25, -0.2) is 0 Å². The Kier molecular flexibility index (Phi) is 10.5. The first-order chi connectivity index (χ1) is 13.7. The van der Waals surface area contributed by atoms with Gasteiger partial charge in [-0.1, -0.05) is 26.2 Å². The number of nitrogens with two attached hydrogens (primary N) is 1. The number of hydrogen-bond acceptors (Lipinski definition) is 6. The predicted molar refractivity (Wildman–Crippen MR) is 115 cm³/mol. The van der Waals surface area contributed by atoms with Crippen LogP contribution in [0.1, 0.15) is 44.6 Å². The van der Waals surface area contributed by atoms with E-state index in [1.54, 1.807) is 14.2 Å². The normalized spacial score (nSPS) is 15.6. The molecule has 0 aliphatic carbocycles. The van der Waals surface area contributed by atoms with Gasteiger partial charge in [0.25, 0.3) is 0 Å². The van der Waals surface area contributed by atoms with Gasteiger partial charge >= 0.3 is 0 Å². The monoisotopic (exact) mass is 393 g/mol. The summed E-state index contributed by atoms with van der Waals surface area (Å²) in [5.74, 6) is 2.23. The molecule has 160 valence electrons. The van der Waals surface area contributed by atoms with Gasteiger partial charge in [0.05, 0.1) is 20.8 Å². The highest BCUT2D eigenvalue weighted by molar-refractivity contribution is 5.53. The van der Waals surface area contributed by atoms with Crippen molar-refractivity contribution in [2.45, 2.75) is 45.6 Å². The average molecular weight is 394 g/mol. The van der Waals surface area contributed by atoms with Crippen molar-refractivity contribution in [3.63, 3.8) is 0 Å². The van der Waals surface area contributed by atoms with Crippen LogP contribution in [0.2, 0.25) is 0 Å². The molecular formula is C22H39N3O3. The molecule has 1 aromatic rings. The zero-order valence-corrected chi connectivity index (χ0v) is 18.0. The SMILES string of the molecule is CCCCCCOc1c(OC)cc(CN2CCN(CCCN)CC2)cc1OC. The van der Waals surface area contributed by atoms with E-state index in [1.807, 2.05) is 0 Å². The predicted octanol–water partition coefficient (Wildman–Crippen LogP) is 3.13. The van der Waals surface area contributed by atoms with Crippen LogP contribution in [0.3, 0.4) is 0 Å². The second-order valence-electron chi connectivity index (χ2n) is 7.50. The molecule has 28 heavy (non-hydrogen) atoms. The second-order valence-corrected chi connectivity index (χ2v) is 7.50. The Labute approximate surface area is 170 Å². The molecule has 0 atom stereocenters. The molecule has 0 bridgehead atoms. The third-order valence-electron chi connectivity index (χ3n) is 5.31. The van der Waals surface area contributed by atoms with Crippen LogP contribution in [0.25, 0.3) is 0 Å². The number of piperazine rings is 1. The number of rotatable bonds is 13. The molecule has 1 aliphatic rings. The summed E-state index contributed by atoms with van der Waals surface area (Å²) in [7, 11) is 3.39. The zero-order valence-electron chi connectivity index (χ0n) is 18.0. The summed E-state index contributed by atoms with van der Waals surface area (Å²) in [5.41, 5.74) is 6.82. The lowest BCUT2D eigenvalue weighted by atomic mass is 10.1. The lowest BCUT2D eigenvalue weighted by Crippen LogP contribution is -2.46. The van der Waals surface area contributed by atoms with Crippen molar-refractivity contribution in [3.8, 4) is 17.2 Å². The third kappa shape index (κ3) is 7.15. The fourth-order valence-corrected chi connectivity index (χ4v) is 3.61. The highest BCUT2D eigenvalue weighted by Gasteiger charge is 2.19. The first-order valence-electron chi connectivity index (χ1n) is 10.7. The van der Waals surface area contributed by atoms with Crippen molar-refractivity contribution in [2.75, 3.05) is 60.1 Å². The van der Waals surface area contributed by atoms with Crippen LogP contribution in [-0.4, -0.2) is 69.9 Å². The summed E-state index contributed by atoms with van der Waals surface area (Å²) in [4.78, 5) is 4.98. The third-order valence-corrected chi connectivity index (χ3v) is 5.31. The van der Waals surface area contributed by atoms with Crippen LogP contribution in [0, 0.1) is 0 Å². The Hall–Kier alpha value is -1.50. The number of unbranched alkanes of at least 4 members (excludes halogenated alkanes) is 3. The lowest BCUT2D eigenvalue weighted by Gasteiger charge is -2.34. The molecule has 1 heterocycles. The Morgan fingerprint density at radius 1 is 0.893 bits per heavy atom. The molecule has 0 unspecified atom stereocenters. The van der Waals surface area contributed by atoms with E-state index in [2.05, 4.69) is 28.9 Å². The number of benzene rings is 1. The Morgan fingerprint density at radius 2 is 1.54 bits per heavy atom. The summed E-state index contributed by atoms with van der Waals surface area (Å²) in [6, 6.07) is 4.18. The van der Waals surface area contributed by atoms with Gasteiger partial charge in [-0.2, -0.15) is 0 Å². The Balaban J connectivity index is 1.94. The first-order valence-corrected chi connectivity index (χ1v) is 10.7. The standard InChI is InChI=1S/C22H39N3O3/c1-4-5-6-7-15-28-22-20(26-2)16-19(17-21(22)27-3)18-25-13-11-24(12-14-25)10-8-9-23/h16-17H,4-15,18,23H2,1-3H3. The van der Waals surface area contributed by atoms with Gasteiger partial charge < -0.3 is 24.8 Å². The van der Waals surface area contributed by atoms with E-state index < -0.39 is 0 Å². The van der Waals surface area contributed by atoms with Crippen molar-refractivity contribution < 1.29 is 14.2 Å². The van der Waals surface area contributed by atoms with Crippen molar-refractivity contribution in [1.82, 2.24) is 9.80 Å². The molecule has 0 radical (unpaired) electrons. The van der Waals surface area contributed by atoms with Crippen molar-refractivity contribution in [1.29, 1.82) is 0 Å². The molecule has 1 saturated heterocycles. The van der Waals surface area contributed by atoms with Gasteiger partial charge in [0, 0.05) is 32.7 Å². The topological polar surface area (TPSA) is 60.2 Å². The fraction of sp³-hybridized carbons (Fsp3) is 0.727. The highest BCUT2D eigenvalue weighted by Crippen LogP contribution is 2.39. The molecule has 1 aliphatic heterocycles. The largest absolute Gasteiger partial charge is 0.493 e. The van der Waals surface area contributed by atoms with Crippen molar-refractivity contribution >= 4 is 0 Å². The Morgan fingerprint density at radius 3 is 2.11 bits per heavy atom. The minimum absolute atomic E-state index is 0.691. The fourth-order valence-electron chi connectivity index (χ4n) is 3.61. The molecule has 0 amide bonds. The van der Waals surface area contributed by atoms with Gasteiger partial charge in [-0.15, -0.1) is 0 Å². The van der Waals surface area contributed by atoms with Crippen molar-refractivity contribution in [2.24, 2.45) is 5.73 Å². The summed E-state index contributed by atoms with van der Waals surface area (Å²) in [6.07, 6.45) is 5.79. The van der Waals surface area contributed by atoms with E-state index in [4.69, 9.17) is 19.9 Å². The maximum absolute atomic E-state index is 6.01. The summed E-state index contributed by atoms with van der Waals surface area (Å²) < 4.78 is 17.2. The van der Waals surface area contributed by atoms with Gasteiger partial charge in [-0.05, 0) is 43.6 Å². The van der Waals surface area contributed by atoms with Gasteiger partial charge in [-0.3, -0.25) is 4.90 Å². The quantitative estimate of drug-likeness (QED) is 0.520. The minimum Gasteiger partial charge on any atom is -0.493 e. The van der Waals surface area contributed by atoms with Crippen LogP contribution in [-0.2, 0) is 6.54 Å². The molecule has 0 saturated carbocycles. The molecule has 0 spiro atoms. The Bertz CT molecular complexity index is 535. The molecule has 2 rings (SSSR count). The minimum atomic E-state index is 0.691. The maximum atomic E-state index is 6.01. The highest BCUT2D eigenvalue weighted by atomic mass is 16.5. The van der Waals surface area contributed by atoms with Crippen LogP contribution >= 0.6 is 0 Å². The molecule has 6 nitrogen and oxygen atoms in total. The molecule has 0 aromatic heterocycles. The molecule has 6 heteroatoms. The number of hydrogen-bond donors (Lipinski definition) is 1. The van der Waals surface area contributed by atoms with E-state index in [0.29, 0.717) is 6.61 Å². The van der Waals surface area contributed by atoms with Crippen molar-refractivity contribution in [3.05, 3.63) is 17.7 Å². The van der Waals surface area contributed by atoms with Crippen LogP contribution < -0.4 is 19.9 Å². The smallest absolute Gasteiger partial charge is 0.203 e. The maximum Gasteiger partial charge on any atom is 0.203 e. The zero-order chi connectivity index (χ0) is 20.2. The van der Waals surface area contributed by atoms with Gasteiger partial charge in [0.2, 0.25) is 5.75 Å². The first kappa shape index (κ1) is 22.8. The van der Waals surface area contributed by atoms with E-state index in [-0.39, 0.29) is 0 Å². The molecule has 1 fully saturated rings. The number of methoxy groups -OCH3 is 2. The van der Waals surface area contributed by atoms with E-state index >= 15 is 0 Å². The lowest BCUT2D eigenvalue weighted by molar-refractivity contribution is 0.126. The van der Waals surface area contributed by atoms with Gasteiger partial charge in [0.15, 0.2) is 11.5 Å². The van der Waals surface area contributed by atoms with E-state index in [9.17, 15) is 0 Å². The molecule has 1 aromatic carbocycles. The van der Waals surface area contributed by atoms with E-state index in [0.717, 1.165) is 75.9 Å². The van der Waals surface area contributed by atoms with Crippen LogP contribution in [0.5, 0.6) is 17.2 Å². The van der Waals surface area contributed by atoms with E-state index in [1.165, 1.54) is 24.8 Å². The second kappa shape index (κ2) is 12.9. The summed E-state index contributed by atoms with van der Waals surface area (Å²) in [6.45, 7) is 10.0. The number of nitrogens with zero attached hydrogens (tertiary/aromatic N) is 2. The molecular weight excluding hydrogens is 354 g/mol. The van der Waals surface area contributed by atoms with Gasteiger partial charge in [0.1, 0.15) is 0 Å². The number of ether oxygens (including phenoxy) is 3. The summed E-state index contributed by atoms with van der Waals surface area (Å²) >= 11 is 0. The van der Waals surface area contributed by atoms with Crippen LogP contribution in [0.15, 0.2) is 12.1 Å². The average Bonchev–Trinajstić information content (AvgIpc) is 2.73.